The largest absolute Gasteiger partial charge is 0.454 e. The second-order valence-electron chi connectivity index (χ2n) is 2.62. The fraction of sp³-hybridized carbons (Fsp3) is 0.222. The van der Waals surface area contributed by atoms with Gasteiger partial charge in [-0.3, -0.25) is 0 Å². The molecule has 0 atom stereocenters. The van der Waals surface area contributed by atoms with Crippen LogP contribution in [0, 0.1) is 0 Å². The minimum Gasteiger partial charge on any atom is -0.454 e. The highest BCUT2D eigenvalue weighted by Crippen LogP contribution is 2.32. The predicted octanol–water partition coefficient (Wildman–Crippen LogP) is 2.15. The SMILES string of the molecule is CC(=S)c1ccc2c(c1)OCO2. The van der Waals surface area contributed by atoms with Crippen molar-refractivity contribution in [2.45, 2.75) is 6.92 Å². The van der Waals surface area contributed by atoms with Gasteiger partial charge in [-0.25, -0.2) is 0 Å². The van der Waals surface area contributed by atoms with Crippen LogP contribution >= 0.6 is 12.2 Å². The molecule has 0 bridgehead atoms. The molecule has 0 saturated carbocycles. The average molecular weight is 180 g/mol. The van der Waals surface area contributed by atoms with Gasteiger partial charge < -0.3 is 9.47 Å². The average Bonchev–Trinajstić information content (AvgIpc) is 2.49. The number of ether oxygens (including phenoxy) is 2. The van der Waals surface area contributed by atoms with Gasteiger partial charge in [-0.15, -0.1) is 0 Å². The number of hydrogen-bond acceptors (Lipinski definition) is 3. The van der Waals surface area contributed by atoms with Crippen LogP contribution in [0.4, 0.5) is 0 Å². The number of hydrogen-bond donors (Lipinski definition) is 0. The van der Waals surface area contributed by atoms with Crippen molar-refractivity contribution in [3.8, 4) is 11.5 Å². The van der Waals surface area contributed by atoms with E-state index in [2.05, 4.69) is 0 Å². The highest BCUT2D eigenvalue weighted by Gasteiger charge is 2.13. The summed E-state index contributed by atoms with van der Waals surface area (Å²) < 4.78 is 10.4. The fourth-order valence-corrected chi connectivity index (χ4v) is 1.24. The number of thiocarbonyl (C=S) groups is 1. The molecule has 1 aliphatic heterocycles. The van der Waals surface area contributed by atoms with Gasteiger partial charge >= 0.3 is 0 Å². The molecule has 0 aliphatic carbocycles. The van der Waals surface area contributed by atoms with E-state index < -0.39 is 0 Å². The van der Waals surface area contributed by atoms with Crippen LogP contribution in [-0.4, -0.2) is 11.7 Å². The summed E-state index contributed by atoms with van der Waals surface area (Å²) in [5, 5.41) is 0. The van der Waals surface area contributed by atoms with Crippen LogP contribution in [0.5, 0.6) is 11.5 Å². The molecule has 0 spiro atoms. The monoisotopic (exact) mass is 180 g/mol. The quantitative estimate of drug-likeness (QED) is 0.487. The molecule has 0 aromatic heterocycles. The van der Waals surface area contributed by atoms with Gasteiger partial charge in [0.15, 0.2) is 11.5 Å². The van der Waals surface area contributed by atoms with Gasteiger partial charge in [-0.1, -0.05) is 12.2 Å². The molecule has 2 nitrogen and oxygen atoms in total. The predicted molar refractivity (Wildman–Crippen MR) is 49.9 cm³/mol. The van der Waals surface area contributed by atoms with Gasteiger partial charge in [0.2, 0.25) is 6.79 Å². The summed E-state index contributed by atoms with van der Waals surface area (Å²) in [5.41, 5.74) is 1.02. The fourth-order valence-electron chi connectivity index (χ4n) is 1.12. The third-order valence-corrected chi connectivity index (χ3v) is 2.01. The Bertz CT molecular complexity index is 333. The Morgan fingerprint density at radius 2 is 2.08 bits per heavy atom. The van der Waals surface area contributed by atoms with Crippen LogP contribution in [0.25, 0.3) is 0 Å². The Morgan fingerprint density at radius 1 is 1.33 bits per heavy atom. The van der Waals surface area contributed by atoms with Gasteiger partial charge in [-0.05, 0) is 30.7 Å². The first-order valence-corrected chi connectivity index (χ1v) is 4.09. The van der Waals surface area contributed by atoms with Gasteiger partial charge in [0.05, 0.1) is 0 Å². The standard InChI is InChI=1S/C9H8O2S/c1-6(12)7-2-3-8-9(4-7)11-5-10-8/h2-4H,5H2,1H3. The van der Waals surface area contributed by atoms with E-state index in [1.807, 2.05) is 25.1 Å². The lowest BCUT2D eigenvalue weighted by atomic mass is 10.1. The summed E-state index contributed by atoms with van der Waals surface area (Å²) in [6, 6.07) is 5.73. The van der Waals surface area contributed by atoms with Crippen LogP contribution < -0.4 is 9.47 Å². The summed E-state index contributed by atoms with van der Waals surface area (Å²) in [6.45, 7) is 2.21. The second kappa shape index (κ2) is 2.75. The molecule has 0 unspecified atom stereocenters. The minimum absolute atomic E-state index is 0.315. The molecule has 0 radical (unpaired) electrons. The van der Waals surface area contributed by atoms with Crippen molar-refractivity contribution in [3.05, 3.63) is 23.8 Å². The van der Waals surface area contributed by atoms with E-state index in [1.54, 1.807) is 0 Å². The summed E-state index contributed by atoms with van der Waals surface area (Å²) in [6.07, 6.45) is 0. The van der Waals surface area contributed by atoms with E-state index >= 15 is 0 Å². The minimum atomic E-state index is 0.315. The molecule has 2 rings (SSSR count). The zero-order chi connectivity index (χ0) is 8.55. The lowest BCUT2D eigenvalue weighted by Crippen LogP contribution is -1.93. The van der Waals surface area contributed by atoms with E-state index in [1.165, 1.54) is 0 Å². The number of benzene rings is 1. The Labute approximate surface area is 76.1 Å². The number of fused-ring (bicyclic) bond motifs is 1. The van der Waals surface area contributed by atoms with Crippen LogP contribution in [0.1, 0.15) is 12.5 Å². The molecule has 0 saturated heterocycles. The Hall–Kier alpha value is -1.09. The first-order chi connectivity index (χ1) is 5.77. The molecule has 62 valence electrons. The zero-order valence-corrected chi connectivity index (χ0v) is 7.48. The lowest BCUT2D eigenvalue weighted by Gasteiger charge is -1.99. The first-order valence-electron chi connectivity index (χ1n) is 3.68. The van der Waals surface area contributed by atoms with Crippen LogP contribution in [0.3, 0.4) is 0 Å². The summed E-state index contributed by atoms with van der Waals surface area (Å²) in [5.74, 6) is 1.59. The maximum absolute atomic E-state index is 5.21. The summed E-state index contributed by atoms with van der Waals surface area (Å²) in [4.78, 5) is 0.869. The molecule has 1 aromatic carbocycles. The van der Waals surface area contributed by atoms with Gasteiger partial charge in [0, 0.05) is 4.86 Å². The number of rotatable bonds is 1. The van der Waals surface area contributed by atoms with Crippen molar-refractivity contribution in [3.63, 3.8) is 0 Å². The van der Waals surface area contributed by atoms with E-state index in [9.17, 15) is 0 Å². The van der Waals surface area contributed by atoms with Crippen LogP contribution in [0.15, 0.2) is 18.2 Å². The zero-order valence-electron chi connectivity index (χ0n) is 6.66. The third-order valence-electron chi connectivity index (χ3n) is 1.78. The van der Waals surface area contributed by atoms with E-state index in [-0.39, 0.29) is 0 Å². The summed E-state index contributed by atoms with van der Waals surface area (Å²) in [7, 11) is 0. The first kappa shape index (κ1) is 7.55. The van der Waals surface area contributed by atoms with Gasteiger partial charge in [0.1, 0.15) is 0 Å². The lowest BCUT2D eigenvalue weighted by molar-refractivity contribution is 0.174. The molecule has 1 heterocycles. The topological polar surface area (TPSA) is 18.5 Å². The molecule has 1 aliphatic rings. The molecular formula is C9H8O2S. The molecule has 1 aromatic rings. The molecule has 3 heteroatoms. The van der Waals surface area contributed by atoms with Gasteiger partial charge in [-0.2, -0.15) is 0 Å². The molecule has 0 amide bonds. The van der Waals surface area contributed by atoms with E-state index in [0.29, 0.717) is 6.79 Å². The van der Waals surface area contributed by atoms with Gasteiger partial charge in [0.25, 0.3) is 0 Å². The Balaban J connectivity index is 2.45. The molecular weight excluding hydrogens is 172 g/mol. The highest BCUT2D eigenvalue weighted by atomic mass is 32.1. The van der Waals surface area contributed by atoms with Crippen molar-refractivity contribution >= 4 is 17.1 Å². The molecule has 12 heavy (non-hydrogen) atoms. The Morgan fingerprint density at radius 3 is 2.83 bits per heavy atom. The van der Waals surface area contributed by atoms with Crippen molar-refractivity contribution in [2.24, 2.45) is 0 Å². The van der Waals surface area contributed by atoms with Crippen molar-refractivity contribution in [1.82, 2.24) is 0 Å². The summed E-state index contributed by atoms with van der Waals surface area (Å²) >= 11 is 5.04. The van der Waals surface area contributed by atoms with Crippen molar-refractivity contribution in [1.29, 1.82) is 0 Å². The van der Waals surface area contributed by atoms with Crippen molar-refractivity contribution < 1.29 is 9.47 Å². The Kier molecular flexibility index (Phi) is 1.73. The maximum atomic E-state index is 5.21. The van der Waals surface area contributed by atoms with Crippen LogP contribution in [0.2, 0.25) is 0 Å². The smallest absolute Gasteiger partial charge is 0.231 e. The van der Waals surface area contributed by atoms with E-state index in [4.69, 9.17) is 21.7 Å². The van der Waals surface area contributed by atoms with E-state index in [0.717, 1.165) is 21.9 Å². The second-order valence-corrected chi connectivity index (χ2v) is 3.24. The van der Waals surface area contributed by atoms with Crippen molar-refractivity contribution in [2.75, 3.05) is 6.79 Å². The molecule has 0 N–H and O–H groups in total. The van der Waals surface area contributed by atoms with Crippen LogP contribution in [-0.2, 0) is 0 Å². The maximum Gasteiger partial charge on any atom is 0.231 e. The molecule has 0 fully saturated rings. The normalized spacial score (nSPS) is 13.1. The third kappa shape index (κ3) is 1.16. The highest BCUT2D eigenvalue weighted by molar-refractivity contribution is 7.80.